The molecule has 1 unspecified atom stereocenters. The van der Waals surface area contributed by atoms with Crippen LogP contribution in [0, 0.1) is 5.92 Å². The molecule has 7 nitrogen and oxygen atoms in total. The minimum atomic E-state index is -0.0763. The maximum absolute atomic E-state index is 12.8. The molecule has 0 saturated carbocycles. The van der Waals surface area contributed by atoms with Crippen LogP contribution in [0.4, 0.5) is 0 Å². The predicted molar refractivity (Wildman–Crippen MR) is 102 cm³/mol. The van der Waals surface area contributed by atoms with Crippen molar-refractivity contribution in [2.24, 2.45) is 5.92 Å². The third-order valence-electron chi connectivity index (χ3n) is 4.41. The van der Waals surface area contributed by atoms with Crippen LogP contribution in [0.1, 0.15) is 17.3 Å². The first-order valence-corrected chi connectivity index (χ1v) is 8.45. The van der Waals surface area contributed by atoms with Gasteiger partial charge in [-0.2, -0.15) is 0 Å². The Morgan fingerprint density at radius 2 is 1.54 bits per heavy atom. The lowest BCUT2D eigenvalue weighted by molar-refractivity contribution is -0.136. The molecule has 1 aliphatic rings. The third kappa shape index (κ3) is 5.25. The molecule has 0 radical (unpaired) electrons. The van der Waals surface area contributed by atoms with E-state index in [0.717, 1.165) is 0 Å². The van der Waals surface area contributed by atoms with Gasteiger partial charge in [-0.05, 0) is 19.2 Å². The smallest absolute Gasteiger partial charge is 0.254 e. The summed E-state index contributed by atoms with van der Waals surface area (Å²) >= 11 is 0. The molecular weight excluding hydrogens is 358 g/mol. The summed E-state index contributed by atoms with van der Waals surface area (Å²) in [5.74, 6) is 1.15. The number of nitrogens with zero attached hydrogens (tertiary/aromatic N) is 2. The number of hydrogen-bond acceptors (Lipinski definition) is 5. The highest BCUT2D eigenvalue weighted by molar-refractivity contribution is 5.95. The molecule has 26 heavy (non-hydrogen) atoms. The van der Waals surface area contributed by atoms with Gasteiger partial charge in [-0.3, -0.25) is 9.59 Å². The minimum Gasteiger partial charge on any atom is -0.497 e. The summed E-state index contributed by atoms with van der Waals surface area (Å²) in [6.45, 7) is 4.73. The van der Waals surface area contributed by atoms with Crippen molar-refractivity contribution in [1.82, 2.24) is 15.1 Å². The SMILES string of the molecule is CNCC(C)C(=O)N1CCN(C(=O)c2cc(OC)cc(OC)c2)CC1.Cl. The van der Waals surface area contributed by atoms with Crippen LogP contribution in [0.3, 0.4) is 0 Å². The maximum Gasteiger partial charge on any atom is 0.254 e. The number of rotatable bonds is 6. The summed E-state index contributed by atoms with van der Waals surface area (Å²) in [5, 5.41) is 3.02. The highest BCUT2D eigenvalue weighted by atomic mass is 35.5. The topological polar surface area (TPSA) is 71.1 Å². The minimum absolute atomic E-state index is 0. The van der Waals surface area contributed by atoms with Gasteiger partial charge in [0.1, 0.15) is 11.5 Å². The van der Waals surface area contributed by atoms with Crippen molar-refractivity contribution < 1.29 is 19.1 Å². The molecule has 1 atom stereocenters. The van der Waals surface area contributed by atoms with E-state index in [4.69, 9.17) is 9.47 Å². The Balaban J connectivity index is 0.00000338. The van der Waals surface area contributed by atoms with E-state index < -0.39 is 0 Å². The monoisotopic (exact) mass is 385 g/mol. The highest BCUT2D eigenvalue weighted by Crippen LogP contribution is 2.24. The predicted octanol–water partition coefficient (Wildman–Crippen LogP) is 1.27. The zero-order chi connectivity index (χ0) is 18.4. The third-order valence-corrected chi connectivity index (χ3v) is 4.41. The van der Waals surface area contributed by atoms with Gasteiger partial charge in [-0.1, -0.05) is 6.92 Å². The Morgan fingerprint density at radius 3 is 2.00 bits per heavy atom. The van der Waals surface area contributed by atoms with E-state index in [-0.39, 0.29) is 30.1 Å². The Hall–Kier alpha value is -1.99. The van der Waals surface area contributed by atoms with Gasteiger partial charge in [0.25, 0.3) is 5.91 Å². The molecule has 2 rings (SSSR count). The average Bonchev–Trinajstić information content (AvgIpc) is 2.66. The van der Waals surface area contributed by atoms with Crippen molar-refractivity contribution in [2.75, 3.05) is 54.0 Å². The van der Waals surface area contributed by atoms with Gasteiger partial charge >= 0.3 is 0 Å². The molecule has 2 amide bonds. The van der Waals surface area contributed by atoms with E-state index in [9.17, 15) is 9.59 Å². The van der Waals surface area contributed by atoms with E-state index in [1.807, 2.05) is 18.9 Å². The highest BCUT2D eigenvalue weighted by Gasteiger charge is 2.27. The van der Waals surface area contributed by atoms with Gasteiger partial charge in [-0.15, -0.1) is 12.4 Å². The first-order chi connectivity index (χ1) is 12.0. The summed E-state index contributed by atoms with van der Waals surface area (Å²) < 4.78 is 10.4. The molecule has 1 saturated heterocycles. The lowest BCUT2D eigenvalue weighted by Gasteiger charge is -2.36. The van der Waals surface area contributed by atoms with Crippen molar-refractivity contribution in [1.29, 1.82) is 0 Å². The average molecular weight is 386 g/mol. The van der Waals surface area contributed by atoms with Gasteiger partial charge in [0.2, 0.25) is 5.91 Å². The Labute approximate surface area is 161 Å². The molecule has 0 bridgehead atoms. The van der Waals surface area contributed by atoms with Gasteiger partial charge < -0.3 is 24.6 Å². The van der Waals surface area contributed by atoms with Gasteiger partial charge in [0.05, 0.1) is 14.2 Å². The standard InChI is InChI=1S/C18H27N3O4.ClH/c1-13(12-19-2)17(22)20-5-7-21(8-6-20)18(23)14-9-15(24-3)11-16(10-14)25-4;/h9-11,13,19H,5-8,12H2,1-4H3;1H. The summed E-state index contributed by atoms with van der Waals surface area (Å²) in [6, 6.07) is 5.14. The summed E-state index contributed by atoms with van der Waals surface area (Å²) in [7, 11) is 4.95. The Kier molecular flexibility index (Phi) is 8.68. The molecule has 1 heterocycles. The second-order valence-electron chi connectivity index (χ2n) is 6.18. The van der Waals surface area contributed by atoms with Crippen molar-refractivity contribution in [3.8, 4) is 11.5 Å². The van der Waals surface area contributed by atoms with Gasteiger partial charge in [-0.25, -0.2) is 0 Å². The Morgan fingerprint density at radius 1 is 1.04 bits per heavy atom. The fraction of sp³-hybridized carbons (Fsp3) is 0.556. The molecular formula is C18H28ClN3O4. The van der Waals surface area contributed by atoms with Crippen LogP contribution >= 0.6 is 12.4 Å². The second kappa shape index (κ2) is 10.2. The van der Waals surface area contributed by atoms with Crippen LogP contribution in [0.25, 0.3) is 0 Å². The van der Waals surface area contributed by atoms with Gasteiger partial charge in [0.15, 0.2) is 0 Å². The quantitative estimate of drug-likeness (QED) is 0.798. The first-order valence-electron chi connectivity index (χ1n) is 8.45. The maximum atomic E-state index is 12.8. The molecule has 1 aromatic carbocycles. The van der Waals surface area contributed by atoms with E-state index >= 15 is 0 Å². The number of hydrogen-bond donors (Lipinski definition) is 1. The van der Waals surface area contributed by atoms with Crippen molar-refractivity contribution in [3.63, 3.8) is 0 Å². The van der Waals surface area contributed by atoms with Crippen LogP contribution in [0.5, 0.6) is 11.5 Å². The number of piperazine rings is 1. The molecule has 146 valence electrons. The molecule has 1 N–H and O–H groups in total. The lowest BCUT2D eigenvalue weighted by Crippen LogP contribution is -2.52. The molecule has 0 aromatic heterocycles. The molecule has 1 fully saturated rings. The number of carbonyl (C=O) groups excluding carboxylic acids is 2. The molecule has 1 aliphatic heterocycles. The van der Waals surface area contributed by atoms with Crippen molar-refractivity contribution in [2.45, 2.75) is 6.92 Å². The van der Waals surface area contributed by atoms with E-state index in [0.29, 0.717) is 49.8 Å². The molecule has 0 spiro atoms. The lowest BCUT2D eigenvalue weighted by atomic mass is 10.1. The number of halogens is 1. The number of nitrogens with one attached hydrogen (secondary N) is 1. The second-order valence-corrected chi connectivity index (χ2v) is 6.18. The molecule has 1 aromatic rings. The molecule has 8 heteroatoms. The van der Waals surface area contributed by atoms with Crippen molar-refractivity contribution >= 4 is 24.2 Å². The largest absolute Gasteiger partial charge is 0.497 e. The van der Waals surface area contributed by atoms with E-state index in [1.165, 1.54) is 0 Å². The van der Waals surface area contributed by atoms with Crippen LogP contribution < -0.4 is 14.8 Å². The fourth-order valence-corrected chi connectivity index (χ4v) is 2.95. The normalized spacial score (nSPS) is 15.1. The van der Waals surface area contributed by atoms with Gasteiger partial charge in [0, 0.05) is 50.3 Å². The summed E-state index contributed by atoms with van der Waals surface area (Å²) in [5.41, 5.74) is 0.527. The Bertz CT molecular complexity index is 596. The summed E-state index contributed by atoms with van der Waals surface area (Å²) in [4.78, 5) is 28.7. The number of benzene rings is 1. The van der Waals surface area contributed by atoms with Crippen LogP contribution in [-0.2, 0) is 4.79 Å². The number of methoxy groups -OCH3 is 2. The van der Waals surface area contributed by atoms with Crippen LogP contribution in [-0.4, -0.2) is 75.6 Å². The van der Waals surface area contributed by atoms with Crippen molar-refractivity contribution in [3.05, 3.63) is 23.8 Å². The number of carbonyl (C=O) groups is 2. The summed E-state index contributed by atoms with van der Waals surface area (Å²) in [6.07, 6.45) is 0. The van der Waals surface area contributed by atoms with Crippen LogP contribution in [0.15, 0.2) is 18.2 Å². The van der Waals surface area contributed by atoms with Crippen LogP contribution in [0.2, 0.25) is 0 Å². The number of amides is 2. The molecule has 0 aliphatic carbocycles. The fourth-order valence-electron chi connectivity index (χ4n) is 2.95. The van der Waals surface area contributed by atoms with E-state index in [1.54, 1.807) is 37.3 Å². The van der Waals surface area contributed by atoms with E-state index in [2.05, 4.69) is 5.32 Å². The first kappa shape index (κ1) is 22.1. The number of ether oxygens (including phenoxy) is 2. The zero-order valence-electron chi connectivity index (χ0n) is 15.8. The zero-order valence-corrected chi connectivity index (χ0v) is 16.6.